The summed E-state index contributed by atoms with van der Waals surface area (Å²) in [6.45, 7) is 4.37. The zero-order chi connectivity index (χ0) is 15.4. The molecular weight excluding hydrogens is 332 g/mol. The number of ketones is 1. The number of Topliss-reactive ketones (excluding diaryl/α,β-unsaturated/α-hetero) is 1. The minimum atomic E-state index is 0.142. The molecule has 0 aliphatic heterocycles. The average molecular weight is 351 g/mol. The fourth-order valence-corrected chi connectivity index (χ4v) is 2.80. The largest absolute Gasteiger partial charge is 0.487 e. The summed E-state index contributed by atoms with van der Waals surface area (Å²) in [5.41, 5.74) is 2.75. The molecule has 0 amide bonds. The van der Waals surface area contributed by atoms with E-state index in [4.69, 9.17) is 4.74 Å². The maximum Gasteiger partial charge on any atom is 0.162 e. The zero-order valence-corrected chi connectivity index (χ0v) is 14.1. The van der Waals surface area contributed by atoms with E-state index in [0.29, 0.717) is 13.0 Å². The van der Waals surface area contributed by atoms with Gasteiger partial charge in [-0.3, -0.25) is 9.48 Å². The van der Waals surface area contributed by atoms with E-state index in [-0.39, 0.29) is 5.78 Å². The summed E-state index contributed by atoms with van der Waals surface area (Å²) in [7, 11) is 1.91. The second kappa shape index (κ2) is 6.89. The van der Waals surface area contributed by atoms with E-state index in [9.17, 15) is 4.79 Å². The molecule has 0 bridgehead atoms. The van der Waals surface area contributed by atoms with E-state index in [1.165, 1.54) is 0 Å². The molecule has 0 atom stereocenters. The smallest absolute Gasteiger partial charge is 0.162 e. The van der Waals surface area contributed by atoms with Gasteiger partial charge in [-0.05, 0) is 46.6 Å². The Morgan fingerprint density at radius 3 is 2.48 bits per heavy atom. The van der Waals surface area contributed by atoms with Crippen LogP contribution in [-0.4, -0.2) is 15.6 Å². The van der Waals surface area contributed by atoms with E-state index >= 15 is 0 Å². The molecule has 0 aliphatic carbocycles. The number of nitrogens with zero attached hydrogens (tertiary/aromatic N) is 2. The minimum Gasteiger partial charge on any atom is -0.487 e. The van der Waals surface area contributed by atoms with Crippen molar-refractivity contribution in [2.24, 2.45) is 7.05 Å². The van der Waals surface area contributed by atoms with Crippen molar-refractivity contribution >= 4 is 21.7 Å². The summed E-state index contributed by atoms with van der Waals surface area (Å²) < 4.78 is 8.61. The van der Waals surface area contributed by atoms with Crippen molar-refractivity contribution in [2.45, 2.75) is 33.3 Å². The van der Waals surface area contributed by atoms with Gasteiger partial charge in [0.2, 0.25) is 0 Å². The van der Waals surface area contributed by atoms with Crippen molar-refractivity contribution in [2.75, 3.05) is 0 Å². The number of rotatable bonds is 6. The van der Waals surface area contributed by atoms with Crippen LogP contribution in [0.5, 0.6) is 5.75 Å². The van der Waals surface area contributed by atoms with E-state index in [1.807, 2.05) is 30.8 Å². The maximum absolute atomic E-state index is 11.6. The molecule has 2 rings (SSSR count). The summed E-state index contributed by atoms with van der Waals surface area (Å²) in [5, 5.41) is 4.43. The first-order valence-corrected chi connectivity index (χ1v) is 7.82. The Morgan fingerprint density at radius 1 is 1.29 bits per heavy atom. The van der Waals surface area contributed by atoms with Crippen molar-refractivity contribution in [3.63, 3.8) is 0 Å². The van der Waals surface area contributed by atoms with Gasteiger partial charge in [0.25, 0.3) is 0 Å². The lowest BCUT2D eigenvalue weighted by atomic mass is 10.1. The topological polar surface area (TPSA) is 44.1 Å². The van der Waals surface area contributed by atoms with Crippen molar-refractivity contribution in [3.05, 3.63) is 45.7 Å². The molecule has 0 N–H and O–H groups in total. The highest BCUT2D eigenvalue weighted by molar-refractivity contribution is 9.10. The Morgan fingerprint density at radius 2 is 1.95 bits per heavy atom. The van der Waals surface area contributed by atoms with Gasteiger partial charge < -0.3 is 4.74 Å². The van der Waals surface area contributed by atoms with Crippen LogP contribution in [0.3, 0.4) is 0 Å². The standard InChI is InChI=1S/C16H19BrN2O2/c1-4-13-16(17)14(19(3)18-13)10-21-12-8-6-11(7-9-12)15(20)5-2/h6-9H,4-5,10H2,1-3H3. The van der Waals surface area contributed by atoms with Crippen molar-refractivity contribution in [1.82, 2.24) is 9.78 Å². The quantitative estimate of drug-likeness (QED) is 0.741. The number of ether oxygens (including phenoxy) is 1. The van der Waals surface area contributed by atoms with Crippen LogP contribution in [0.1, 0.15) is 42.0 Å². The number of carbonyl (C=O) groups is 1. The number of hydrogen-bond donors (Lipinski definition) is 0. The van der Waals surface area contributed by atoms with Gasteiger partial charge in [0, 0.05) is 19.0 Å². The summed E-state index contributed by atoms with van der Waals surface area (Å²) in [5.74, 6) is 0.886. The normalized spacial score (nSPS) is 10.7. The van der Waals surface area contributed by atoms with E-state index < -0.39 is 0 Å². The number of hydrogen-bond acceptors (Lipinski definition) is 3. The molecule has 112 valence electrons. The first-order valence-electron chi connectivity index (χ1n) is 7.03. The molecule has 1 aromatic heterocycles. The average Bonchev–Trinajstić information content (AvgIpc) is 2.79. The SMILES string of the molecule is CCC(=O)c1ccc(OCc2c(Br)c(CC)nn2C)cc1. The predicted molar refractivity (Wildman–Crippen MR) is 85.7 cm³/mol. The van der Waals surface area contributed by atoms with Gasteiger partial charge in [-0.25, -0.2) is 0 Å². The number of benzene rings is 1. The molecule has 0 fully saturated rings. The molecule has 21 heavy (non-hydrogen) atoms. The monoisotopic (exact) mass is 350 g/mol. The molecule has 2 aromatic rings. The van der Waals surface area contributed by atoms with Gasteiger partial charge >= 0.3 is 0 Å². The Hall–Kier alpha value is -1.62. The lowest BCUT2D eigenvalue weighted by Crippen LogP contribution is -2.04. The van der Waals surface area contributed by atoms with Gasteiger partial charge in [0.05, 0.1) is 15.9 Å². The van der Waals surface area contributed by atoms with Gasteiger partial charge in [-0.1, -0.05) is 13.8 Å². The Balaban J connectivity index is 2.06. The minimum absolute atomic E-state index is 0.142. The highest BCUT2D eigenvalue weighted by Crippen LogP contribution is 2.23. The summed E-state index contributed by atoms with van der Waals surface area (Å²) in [6, 6.07) is 7.26. The Bertz CT molecular complexity index is 632. The van der Waals surface area contributed by atoms with Crippen LogP contribution < -0.4 is 4.74 Å². The fraction of sp³-hybridized carbons (Fsp3) is 0.375. The van der Waals surface area contributed by atoms with Crippen LogP contribution >= 0.6 is 15.9 Å². The van der Waals surface area contributed by atoms with Crippen LogP contribution in [0.2, 0.25) is 0 Å². The summed E-state index contributed by atoms with van der Waals surface area (Å²) >= 11 is 3.57. The highest BCUT2D eigenvalue weighted by Gasteiger charge is 2.13. The van der Waals surface area contributed by atoms with Crippen LogP contribution in [0.25, 0.3) is 0 Å². The predicted octanol–water partition coefficient (Wildman–Crippen LogP) is 3.92. The third kappa shape index (κ3) is 3.53. The molecule has 0 unspecified atom stereocenters. The van der Waals surface area contributed by atoms with Gasteiger partial charge in [-0.2, -0.15) is 5.10 Å². The van der Waals surface area contributed by atoms with E-state index in [1.54, 1.807) is 12.1 Å². The summed E-state index contributed by atoms with van der Waals surface area (Å²) in [6.07, 6.45) is 1.39. The molecule has 0 radical (unpaired) electrons. The maximum atomic E-state index is 11.6. The Labute approximate surface area is 133 Å². The van der Waals surface area contributed by atoms with Crippen molar-refractivity contribution < 1.29 is 9.53 Å². The third-order valence-electron chi connectivity index (χ3n) is 3.38. The van der Waals surface area contributed by atoms with Gasteiger partial charge in [-0.15, -0.1) is 0 Å². The van der Waals surface area contributed by atoms with Gasteiger partial charge in [0.1, 0.15) is 12.4 Å². The molecule has 0 saturated carbocycles. The second-order valence-corrected chi connectivity index (χ2v) is 5.57. The summed E-state index contributed by atoms with van der Waals surface area (Å²) in [4.78, 5) is 11.6. The van der Waals surface area contributed by atoms with Crippen LogP contribution in [0, 0.1) is 0 Å². The number of halogens is 1. The molecule has 4 nitrogen and oxygen atoms in total. The molecule has 0 saturated heterocycles. The first-order chi connectivity index (χ1) is 10.1. The number of aryl methyl sites for hydroxylation is 2. The van der Waals surface area contributed by atoms with Gasteiger partial charge in [0.15, 0.2) is 5.78 Å². The third-order valence-corrected chi connectivity index (χ3v) is 4.29. The highest BCUT2D eigenvalue weighted by atomic mass is 79.9. The Kier molecular flexibility index (Phi) is 5.17. The zero-order valence-electron chi connectivity index (χ0n) is 12.5. The molecule has 0 aliphatic rings. The fourth-order valence-electron chi connectivity index (χ4n) is 2.07. The second-order valence-electron chi connectivity index (χ2n) is 4.77. The van der Waals surface area contributed by atoms with E-state index in [0.717, 1.165) is 33.6 Å². The first kappa shape index (κ1) is 15.8. The van der Waals surface area contributed by atoms with Crippen molar-refractivity contribution in [3.8, 4) is 5.75 Å². The van der Waals surface area contributed by atoms with Crippen LogP contribution in [0.15, 0.2) is 28.7 Å². The lowest BCUT2D eigenvalue weighted by molar-refractivity contribution is 0.0988. The molecule has 1 heterocycles. The van der Waals surface area contributed by atoms with E-state index in [2.05, 4.69) is 28.0 Å². The molecule has 0 spiro atoms. The molecule has 5 heteroatoms. The van der Waals surface area contributed by atoms with Crippen molar-refractivity contribution in [1.29, 1.82) is 0 Å². The number of carbonyl (C=O) groups excluding carboxylic acids is 1. The van der Waals surface area contributed by atoms with Crippen LogP contribution in [-0.2, 0) is 20.1 Å². The number of aromatic nitrogens is 2. The van der Waals surface area contributed by atoms with Crippen LogP contribution in [0.4, 0.5) is 0 Å². The molecular formula is C16H19BrN2O2. The molecule has 1 aromatic carbocycles. The lowest BCUT2D eigenvalue weighted by Gasteiger charge is -2.07.